The van der Waals surface area contributed by atoms with Gasteiger partial charge in [0.05, 0.1) is 24.1 Å². The maximum Gasteiger partial charge on any atom is 0.247 e. The highest BCUT2D eigenvalue weighted by Crippen LogP contribution is 2.29. The van der Waals surface area contributed by atoms with Crippen LogP contribution in [0.4, 0.5) is 0 Å². The Bertz CT molecular complexity index is 928. The summed E-state index contributed by atoms with van der Waals surface area (Å²) < 4.78 is 30.2. The highest BCUT2D eigenvalue weighted by molar-refractivity contribution is 7.91. The highest BCUT2D eigenvalue weighted by Gasteiger charge is 2.47. The monoisotopic (exact) mass is 390 g/mol. The molecule has 0 aliphatic carbocycles. The number of piperazine rings is 1. The van der Waals surface area contributed by atoms with E-state index in [1.54, 1.807) is 11.8 Å². The molecule has 0 saturated carbocycles. The Balaban J connectivity index is 1.53. The van der Waals surface area contributed by atoms with Crippen LogP contribution in [0.25, 0.3) is 11.5 Å². The first-order valence-electron chi connectivity index (χ1n) is 9.08. The molecule has 0 N–H and O–H groups in total. The number of sulfone groups is 1. The minimum Gasteiger partial charge on any atom is -0.419 e. The van der Waals surface area contributed by atoms with Crippen LogP contribution in [0.3, 0.4) is 0 Å². The molecule has 4 rings (SSSR count). The number of benzene rings is 1. The van der Waals surface area contributed by atoms with Crippen LogP contribution in [0.2, 0.25) is 0 Å². The van der Waals surface area contributed by atoms with E-state index in [2.05, 4.69) is 15.1 Å². The number of fused-ring (bicyclic) bond motifs is 1. The Morgan fingerprint density at radius 2 is 1.89 bits per heavy atom. The van der Waals surface area contributed by atoms with Gasteiger partial charge in [0.1, 0.15) is 0 Å². The number of hydrogen-bond acceptors (Lipinski definition) is 7. The molecular weight excluding hydrogens is 368 g/mol. The maximum absolute atomic E-state index is 12.2. The molecule has 1 amide bonds. The van der Waals surface area contributed by atoms with E-state index in [1.165, 1.54) is 0 Å². The summed E-state index contributed by atoms with van der Waals surface area (Å²) in [6.07, 6.45) is 0.382. The van der Waals surface area contributed by atoms with E-state index >= 15 is 0 Å². The summed E-state index contributed by atoms with van der Waals surface area (Å²) in [6, 6.07) is 8.98. The number of amides is 1. The lowest BCUT2D eigenvalue weighted by Gasteiger charge is -2.43. The number of carbonyl (C=O) groups excluding carboxylic acids is 1. The van der Waals surface area contributed by atoms with Crippen LogP contribution in [0.1, 0.15) is 19.2 Å². The van der Waals surface area contributed by atoms with E-state index in [-0.39, 0.29) is 29.5 Å². The van der Waals surface area contributed by atoms with Gasteiger partial charge < -0.3 is 9.32 Å². The zero-order chi connectivity index (χ0) is 19.0. The van der Waals surface area contributed by atoms with Crippen molar-refractivity contribution in [2.24, 2.45) is 0 Å². The van der Waals surface area contributed by atoms with Crippen molar-refractivity contribution < 1.29 is 17.6 Å². The zero-order valence-electron chi connectivity index (χ0n) is 15.1. The molecule has 1 aromatic carbocycles. The third kappa shape index (κ3) is 3.61. The van der Waals surface area contributed by atoms with Gasteiger partial charge in [0.2, 0.25) is 17.7 Å². The molecule has 2 fully saturated rings. The van der Waals surface area contributed by atoms with Crippen molar-refractivity contribution in [3.63, 3.8) is 0 Å². The molecule has 8 nitrogen and oxygen atoms in total. The quantitative estimate of drug-likeness (QED) is 0.767. The number of carbonyl (C=O) groups is 1. The van der Waals surface area contributed by atoms with E-state index in [4.69, 9.17) is 4.42 Å². The molecule has 0 unspecified atom stereocenters. The Labute approximate surface area is 158 Å². The summed E-state index contributed by atoms with van der Waals surface area (Å²) in [5, 5.41) is 8.22. The summed E-state index contributed by atoms with van der Waals surface area (Å²) in [5.74, 6) is 0.989. The molecule has 2 aliphatic rings. The van der Waals surface area contributed by atoms with Gasteiger partial charge in [-0.15, -0.1) is 10.2 Å². The second-order valence-electron chi connectivity index (χ2n) is 6.99. The van der Waals surface area contributed by atoms with Crippen LogP contribution in [-0.2, 0) is 21.2 Å². The topological polar surface area (TPSA) is 96.6 Å². The Kier molecular flexibility index (Phi) is 4.73. The van der Waals surface area contributed by atoms with Gasteiger partial charge in [-0.05, 0) is 12.1 Å². The third-order valence-corrected chi connectivity index (χ3v) is 6.94. The fraction of sp³-hybridized carbons (Fsp3) is 0.500. The second-order valence-corrected chi connectivity index (χ2v) is 9.14. The zero-order valence-corrected chi connectivity index (χ0v) is 15.9. The molecule has 0 bridgehead atoms. The van der Waals surface area contributed by atoms with E-state index in [0.29, 0.717) is 37.8 Å². The fourth-order valence-corrected chi connectivity index (χ4v) is 5.93. The lowest BCUT2D eigenvalue weighted by molar-refractivity contribution is -0.136. The molecule has 9 heteroatoms. The molecule has 1 aromatic heterocycles. The summed E-state index contributed by atoms with van der Waals surface area (Å²) >= 11 is 0. The van der Waals surface area contributed by atoms with Crippen molar-refractivity contribution in [1.82, 2.24) is 20.0 Å². The van der Waals surface area contributed by atoms with Crippen LogP contribution in [0.5, 0.6) is 0 Å². The van der Waals surface area contributed by atoms with Crippen LogP contribution in [-0.4, -0.2) is 71.0 Å². The van der Waals surface area contributed by atoms with Gasteiger partial charge in [0, 0.05) is 31.1 Å². The Hall–Kier alpha value is -2.26. The summed E-state index contributed by atoms with van der Waals surface area (Å²) in [6.45, 7) is 3.29. The van der Waals surface area contributed by atoms with Gasteiger partial charge in [-0.3, -0.25) is 9.69 Å². The normalized spacial score (nSPS) is 24.7. The second kappa shape index (κ2) is 7.05. The standard InChI is InChI=1S/C18H22N4O4S/c1-2-17(23)22-9-8-21(14-11-27(24,25)12-15(14)22)10-16-19-20-18(26-16)13-6-4-3-5-7-13/h3-7,14-15H,2,8-12H2,1H3/t14-,15+/m0/s1. The Morgan fingerprint density at radius 1 is 1.15 bits per heavy atom. The first-order valence-corrected chi connectivity index (χ1v) is 10.9. The third-order valence-electron chi connectivity index (χ3n) is 5.24. The van der Waals surface area contributed by atoms with E-state index < -0.39 is 9.84 Å². The molecule has 144 valence electrons. The van der Waals surface area contributed by atoms with Gasteiger partial charge in [-0.1, -0.05) is 25.1 Å². The summed E-state index contributed by atoms with van der Waals surface area (Å²) in [5.41, 5.74) is 0.843. The maximum atomic E-state index is 12.2. The minimum atomic E-state index is -3.17. The molecule has 2 aromatic rings. The van der Waals surface area contributed by atoms with E-state index in [0.717, 1.165) is 5.56 Å². The van der Waals surface area contributed by atoms with Gasteiger partial charge in [0.15, 0.2) is 9.84 Å². The average molecular weight is 390 g/mol. The van der Waals surface area contributed by atoms with Gasteiger partial charge in [-0.2, -0.15) is 0 Å². The summed E-state index contributed by atoms with van der Waals surface area (Å²) in [7, 11) is -3.17. The molecule has 2 aliphatic heterocycles. The predicted octanol–water partition coefficient (Wildman–Crippen LogP) is 0.956. The van der Waals surface area contributed by atoms with Crippen molar-refractivity contribution in [1.29, 1.82) is 0 Å². The van der Waals surface area contributed by atoms with Gasteiger partial charge in [0.25, 0.3) is 0 Å². The minimum absolute atomic E-state index is 0.00547. The van der Waals surface area contributed by atoms with Crippen LogP contribution in [0, 0.1) is 0 Å². The van der Waals surface area contributed by atoms with E-state index in [9.17, 15) is 13.2 Å². The van der Waals surface area contributed by atoms with Crippen LogP contribution < -0.4 is 0 Å². The molecule has 0 radical (unpaired) electrons. The molecule has 0 spiro atoms. The largest absolute Gasteiger partial charge is 0.419 e. The smallest absolute Gasteiger partial charge is 0.247 e. The number of nitrogens with zero attached hydrogens (tertiary/aromatic N) is 4. The Morgan fingerprint density at radius 3 is 2.63 bits per heavy atom. The van der Waals surface area contributed by atoms with Crippen molar-refractivity contribution >= 4 is 15.7 Å². The number of hydrogen-bond donors (Lipinski definition) is 0. The first-order chi connectivity index (χ1) is 13.0. The first kappa shape index (κ1) is 18.1. The van der Waals surface area contributed by atoms with Crippen molar-refractivity contribution in [2.75, 3.05) is 24.6 Å². The van der Waals surface area contributed by atoms with Crippen molar-refractivity contribution in [3.8, 4) is 11.5 Å². The van der Waals surface area contributed by atoms with Crippen molar-refractivity contribution in [2.45, 2.75) is 32.0 Å². The summed E-state index contributed by atoms with van der Waals surface area (Å²) in [4.78, 5) is 16.0. The molecule has 2 atom stereocenters. The number of aromatic nitrogens is 2. The lowest BCUT2D eigenvalue weighted by Crippen LogP contribution is -2.60. The highest BCUT2D eigenvalue weighted by atomic mass is 32.2. The van der Waals surface area contributed by atoms with Crippen LogP contribution >= 0.6 is 0 Å². The van der Waals surface area contributed by atoms with Gasteiger partial charge >= 0.3 is 0 Å². The molecular formula is C18H22N4O4S. The fourth-order valence-electron chi connectivity index (χ4n) is 3.92. The molecule has 3 heterocycles. The molecule has 27 heavy (non-hydrogen) atoms. The van der Waals surface area contributed by atoms with Crippen molar-refractivity contribution in [3.05, 3.63) is 36.2 Å². The molecule has 2 saturated heterocycles. The van der Waals surface area contributed by atoms with Gasteiger partial charge in [-0.25, -0.2) is 8.42 Å². The average Bonchev–Trinajstić information content (AvgIpc) is 3.25. The number of rotatable bonds is 4. The van der Waals surface area contributed by atoms with E-state index in [1.807, 2.05) is 30.3 Å². The predicted molar refractivity (Wildman–Crippen MR) is 98.4 cm³/mol. The SMILES string of the molecule is CCC(=O)N1CCN(Cc2nnc(-c3ccccc3)o2)[C@H]2CS(=O)(=O)C[C@H]21. The van der Waals surface area contributed by atoms with Crippen LogP contribution in [0.15, 0.2) is 34.7 Å². The lowest BCUT2D eigenvalue weighted by atomic mass is 10.0.